The topological polar surface area (TPSA) is 114 Å². The number of anilines is 1. The lowest BCUT2D eigenvalue weighted by molar-refractivity contribution is 0.284. The molecule has 0 atom stereocenters. The predicted molar refractivity (Wildman–Crippen MR) is 90.8 cm³/mol. The van der Waals surface area contributed by atoms with Crippen LogP contribution in [-0.4, -0.2) is 12.8 Å². The van der Waals surface area contributed by atoms with Crippen molar-refractivity contribution in [2.45, 2.75) is 6.61 Å². The summed E-state index contributed by atoms with van der Waals surface area (Å²) in [7, 11) is 1.47. The molecule has 7 heteroatoms. The van der Waals surface area contributed by atoms with Gasteiger partial charge in [-0.25, -0.2) is 0 Å². The highest BCUT2D eigenvalue weighted by molar-refractivity contribution is 6.10. The number of benzene rings is 2. The van der Waals surface area contributed by atoms with Crippen LogP contribution in [-0.2, 0) is 6.61 Å². The minimum absolute atomic E-state index is 0.239. The SMILES string of the molecule is COc1cc(C#N)c(NN=C(C#N)C#N)cc1OCc1ccccc1. The molecule has 0 saturated heterocycles. The molecule has 2 aromatic rings. The summed E-state index contributed by atoms with van der Waals surface area (Å²) in [6.45, 7) is 0.313. The first-order chi connectivity index (χ1) is 12.2. The molecule has 0 saturated carbocycles. The number of nitrogens with zero attached hydrogens (tertiary/aromatic N) is 4. The minimum atomic E-state index is -0.355. The first-order valence-corrected chi connectivity index (χ1v) is 7.14. The highest BCUT2D eigenvalue weighted by Gasteiger charge is 2.12. The molecule has 0 heterocycles. The Morgan fingerprint density at radius 2 is 1.80 bits per heavy atom. The van der Waals surface area contributed by atoms with Crippen molar-refractivity contribution >= 4 is 11.4 Å². The zero-order valence-electron chi connectivity index (χ0n) is 13.4. The monoisotopic (exact) mass is 331 g/mol. The molecule has 0 aliphatic rings. The van der Waals surface area contributed by atoms with E-state index in [1.54, 1.807) is 12.1 Å². The van der Waals surface area contributed by atoms with Gasteiger partial charge in [0.1, 0.15) is 24.8 Å². The normalized spacial score (nSPS) is 9.04. The second-order valence-corrected chi connectivity index (χ2v) is 4.73. The highest BCUT2D eigenvalue weighted by atomic mass is 16.5. The zero-order chi connectivity index (χ0) is 18.1. The van der Waals surface area contributed by atoms with Crippen LogP contribution in [0.15, 0.2) is 47.6 Å². The summed E-state index contributed by atoms with van der Waals surface area (Å²) in [5.41, 5.74) is 3.70. The van der Waals surface area contributed by atoms with E-state index in [2.05, 4.69) is 10.5 Å². The minimum Gasteiger partial charge on any atom is -0.493 e. The van der Waals surface area contributed by atoms with Crippen molar-refractivity contribution in [1.29, 1.82) is 15.8 Å². The van der Waals surface area contributed by atoms with Gasteiger partial charge in [0.15, 0.2) is 11.5 Å². The average Bonchev–Trinajstić information content (AvgIpc) is 2.67. The van der Waals surface area contributed by atoms with Crippen molar-refractivity contribution in [3.05, 3.63) is 53.6 Å². The summed E-state index contributed by atoms with van der Waals surface area (Å²) < 4.78 is 11.0. The van der Waals surface area contributed by atoms with Crippen LogP contribution in [0.4, 0.5) is 5.69 Å². The van der Waals surface area contributed by atoms with E-state index >= 15 is 0 Å². The lowest BCUT2D eigenvalue weighted by atomic mass is 10.1. The molecule has 7 nitrogen and oxygen atoms in total. The van der Waals surface area contributed by atoms with E-state index in [4.69, 9.17) is 20.0 Å². The van der Waals surface area contributed by atoms with Crippen LogP contribution in [0, 0.1) is 34.0 Å². The molecule has 0 aliphatic carbocycles. The second-order valence-electron chi connectivity index (χ2n) is 4.73. The molecule has 2 rings (SSSR count). The predicted octanol–water partition coefficient (Wildman–Crippen LogP) is 2.96. The van der Waals surface area contributed by atoms with E-state index in [1.807, 2.05) is 36.4 Å². The van der Waals surface area contributed by atoms with Crippen LogP contribution >= 0.6 is 0 Å². The molecular formula is C18H13N5O2. The number of nitriles is 3. The lowest BCUT2D eigenvalue weighted by Crippen LogP contribution is -2.02. The fourth-order valence-electron chi connectivity index (χ4n) is 1.94. The fourth-order valence-corrected chi connectivity index (χ4v) is 1.94. The number of ether oxygens (including phenoxy) is 2. The van der Waals surface area contributed by atoms with Gasteiger partial charge in [-0.2, -0.15) is 20.9 Å². The first kappa shape index (κ1) is 17.3. The molecule has 25 heavy (non-hydrogen) atoms. The van der Waals surface area contributed by atoms with Gasteiger partial charge in [-0.3, -0.25) is 5.43 Å². The summed E-state index contributed by atoms with van der Waals surface area (Å²) in [5, 5.41) is 30.4. The van der Waals surface area contributed by atoms with Gasteiger partial charge in [0.05, 0.1) is 18.4 Å². The third-order valence-electron chi connectivity index (χ3n) is 3.16. The van der Waals surface area contributed by atoms with Crippen LogP contribution in [0.25, 0.3) is 0 Å². The van der Waals surface area contributed by atoms with Crippen LogP contribution in [0.2, 0.25) is 0 Å². The lowest BCUT2D eigenvalue weighted by Gasteiger charge is -2.13. The Bertz CT molecular complexity index is 886. The van der Waals surface area contributed by atoms with Crippen molar-refractivity contribution in [3.63, 3.8) is 0 Å². The zero-order valence-corrected chi connectivity index (χ0v) is 13.4. The Hall–Kier alpha value is -4.02. The number of hydrazone groups is 1. The number of nitrogens with one attached hydrogen (secondary N) is 1. The van der Waals surface area contributed by atoms with Gasteiger partial charge in [-0.15, -0.1) is 0 Å². The quantitative estimate of drug-likeness (QED) is 0.643. The standard InChI is InChI=1S/C18H13N5O2/c1-24-17-7-14(9-19)16(23-22-15(10-20)11-21)8-18(17)25-12-13-5-3-2-4-6-13/h2-8,23H,12H2,1H3. The number of rotatable bonds is 6. The number of hydrogen-bond donors (Lipinski definition) is 1. The van der Waals surface area contributed by atoms with Crippen LogP contribution in [0.5, 0.6) is 11.5 Å². The van der Waals surface area contributed by atoms with E-state index in [0.29, 0.717) is 23.8 Å². The summed E-state index contributed by atoms with van der Waals surface area (Å²) in [6.07, 6.45) is 0. The highest BCUT2D eigenvalue weighted by Crippen LogP contribution is 2.34. The van der Waals surface area contributed by atoms with Crippen LogP contribution in [0.3, 0.4) is 0 Å². The molecule has 0 unspecified atom stereocenters. The fraction of sp³-hybridized carbons (Fsp3) is 0.111. The Morgan fingerprint density at radius 1 is 1.08 bits per heavy atom. The molecule has 0 aromatic heterocycles. The molecule has 1 N–H and O–H groups in total. The Morgan fingerprint density at radius 3 is 2.40 bits per heavy atom. The molecule has 0 amide bonds. The number of hydrogen-bond acceptors (Lipinski definition) is 7. The van der Waals surface area contributed by atoms with E-state index in [-0.39, 0.29) is 11.3 Å². The molecule has 0 aliphatic heterocycles. The van der Waals surface area contributed by atoms with Gasteiger partial charge in [-0.1, -0.05) is 30.3 Å². The number of methoxy groups -OCH3 is 1. The second kappa shape index (κ2) is 8.57. The van der Waals surface area contributed by atoms with Gasteiger partial charge in [0, 0.05) is 12.1 Å². The summed E-state index contributed by atoms with van der Waals surface area (Å²) in [6, 6.07) is 17.9. The van der Waals surface area contributed by atoms with Gasteiger partial charge in [0.25, 0.3) is 0 Å². The van der Waals surface area contributed by atoms with E-state index in [9.17, 15) is 5.26 Å². The van der Waals surface area contributed by atoms with Crippen molar-refractivity contribution < 1.29 is 9.47 Å². The molecule has 0 bridgehead atoms. The average molecular weight is 331 g/mol. The van der Waals surface area contributed by atoms with E-state index < -0.39 is 0 Å². The van der Waals surface area contributed by atoms with E-state index in [0.717, 1.165) is 5.56 Å². The van der Waals surface area contributed by atoms with Crippen molar-refractivity contribution in [2.75, 3.05) is 12.5 Å². The maximum Gasteiger partial charge on any atom is 0.237 e. The van der Waals surface area contributed by atoms with Gasteiger partial charge in [0.2, 0.25) is 5.71 Å². The Labute approximate surface area is 144 Å². The smallest absolute Gasteiger partial charge is 0.237 e. The molecule has 0 radical (unpaired) electrons. The van der Waals surface area contributed by atoms with Crippen molar-refractivity contribution in [3.8, 4) is 29.7 Å². The van der Waals surface area contributed by atoms with Crippen molar-refractivity contribution in [2.24, 2.45) is 5.10 Å². The summed E-state index contributed by atoms with van der Waals surface area (Å²) in [5.74, 6) is 0.793. The molecule has 0 spiro atoms. The molecule has 122 valence electrons. The third-order valence-corrected chi connectivity index (χ3v) is 3.16. The summed E-state index contributed by atoms with van der Waals surface area (Å²) >= 11 is 0. The Kier molecular flexibility index (Phi) is 5.94. The van der Waals surface area contributed by atoms with Gasteiger partial charge < -0.3 is 9.47 Å². The maximum absolute atomic E-state index is 9.25. The van der Waals surface area contributed by atoms with Crippen LogP contribution < -0.4 is 14.9 Å². The van der Waals surface area contributed by atoms with Gasteiger partial charge >= 0.3 is 0 Å². The molecule has 2 aromatic carbocycles. The van der Waals surface area contributed by atoms with E-state index in [1.165, 1.54) is 19.2 Å². The third kappa shape index (κ3) is 4.48. The summed E-state index contributed by atoms with van der Waals surface area (Å²) in [4.78, 5) is 0. The van der Waals surface area contributed by atoms with Crippen molar-refractivity contribution in [1.82, 2.24) is 0 Å². The first-order valence-electron chi connectivity index (χ1n) is 7.14. The molecule has 0 fully saturated rings. The maximum atomic E-state index is 9.25. The molecular weight excluding hydrogens is 318 g/mol. The Balaban J connectivity index is 2.31. The van der Waals surface area contributed by atoms with Gasteiger partial charge in [-0.05, 0) is 5.56 Å². The van der Waals surface area contributed by atoms with Crippen LogP contribution in [0.1, 0.15) is 11.1 Å². The largest absolute Gasteiger partial charge is 0.493 e.